The Bertz CT molecular complexity index is 1240. The average Bonchev–Trinajstić information content (AvgIpc) is 3.24. The highest BCUT2D eigenvalue weighted by Crippen LogP contribution is 2.29. The van der Waals surface area contributed by atoms with Crippen LogP contribution >= 0.6 is 0 Å². The number of hydrogen-bond acceptors (Lipinski definition) is 7. The van der Waals surface area contributed by atoms with Crippen LogP contribution < -0.4 is 22.1 Å². The highest BCUT2D eigenvalue weighted by atomic mass is 16.4. The van der Waals surface area contributed by atoms with Crippen molar-refractivity contribution in [2.24, 2.45) is 10.7 Å². The first-order valence-corrected chi connectivity index (χ1v) is 9.43. The van der Waals surface area contributed by atoms with Crippen LogP contribution in [0.4, 0.5) is 5.69 Å². The molecule has 2 aliphatic rings. The van der Waals surface area contributed by atoms with E-state index in [4.69, 9.17) is 10.2 Å². The maximum Gasteiger partial charge on any atom is 0.417 e. The smallest absolute Gasteiger partial charge is 0.408 e. The quantitative estimate of drug-likeness (QED) is 0.534. The molecule has 3 aromatic rings. The molecule has 1 atom stereocenters. The number of hydrogen-bond donors (Lipinski definition) is 4. The van der Waals surface area contributed by atoms with Gasteiger partial charge in [-0.1, -0.05) is 12.1 Å². The molecule has 8 nitrogen and oxygen atoms in total. The normalized spacial score (nSPS) is 21.5. The molecular formula is C21H22N6O2. The van der Waals surface area contributed by atoms with Gasteiger partial charge in [-0.25, -0.2) is 9.79 Å². The molecule has 2 aromatic carbocycles. The van der Waals surface area contributed by atoms with E-state index in [1.54, 1.807) is 12.3 Å². The lowest BCUT2D eigenvalue weighted by atomic mass is 9.92. The summed E-state index contributed by atoms with van der Waals surface area (Å²) < 4.78 is 5.09. The van der Waals surface area contributed by atoms with Crippen LogP contribution in [-0.2, 0) is 18.8 Å². The minimum Gasteiger partial charge on any atom is -0.408 e. The molecule has 0 amide bonds. The predicted octanol–water partition coefficient (Wildman–Crippen LogP) is 2.15. The predicted molar refractivity (Wildman–Crippen MR) is 112 cm³/mol. The molecule has 0 saturated carbocycles. The highest BCUT2D eigenvalue weighted by molar-refractivity contribution is 5.95. The third kappa shape index (κ3) is 3.02. The number of guanidine groups is 1. The summed E-state index contributed by atoms with van der Waals surface area (Å²) >= 11 is 0. The van der Waals surface area contributed by atoms with Crippen LogP contribution in [0.3, 0.4) is 0 Å². The van der Waals surface area contributed by atoms with E-state index in [1.165, 1.54) is 11.1 Å². The Morgan fingerprint density at radius 3 is 2.90 bits per heavy atom. The van der Waals surface area contributed by atoms with Gasteiger partial charge in [0.05, 0.1) is 5.52 Å². The first-order chi connectivity index (χ1) is 13.9. The van der Waals surface area contributed by atoms with E-state index in [1.807, 2.05) is 25.1 Å². The second-order valence-electron chi connectivity index (χ2n) is 7.73. The molecule has 1 aromatic heterocycles. The van der Waals surface area contributed by atoms with Gasteiger partial charge in [0.25, 0.3) is 0 Å². The van der Waals surface area contributed by atoms with Gasteiger partial charge in [-0.05, 0) is 60.5 Å². The molecule has 3 heterocycles. The molecule has 0 saturated heterocycles. The van der Waals surface area contributed by atoms with E-state index in [0.29, 0.717) is 17.1 Å². The van der Waals surface area contributed by atoms with Crippen molar-refractivity contribution in [3.8, 4) is 0 Å². The molecule has 5 rings (SSSR count). The Balaban J connectivity index is 1.43. The number of nitrogens with two attached hydrogens (primary N) is 1. The molecule has 0 aliphatic carbocycles. The second-order valence-corrected chi connectivity index (χ2v) is 7.73. The van der Waals surface area contributed by atoms with Crippen LogP contribution in [-0.4, -0.2) is 22.9 Å². The van der Waals surface area contributed by atoms with Crippen LogP contribution in [0.15, 0.2) is 62.4 Å². The summed E-state index contributed by atoms with van der Waals surface area (Å²) in [6, 6.07) is 11.7. The summed E-state index contributed by atoms with van der Waals surface area (Å²) in [6.45, 7) is 3.83. The lowest BCUT2D eigenvalue weighted by Gasteiger charge is -2.35. The number of anilines is 1. The number of fused-ring (bicyclic) bond motifs is 2. The van der Waals surface area contributed by atoms with E-state index in [-0.39, 0.29) is 0 Å². The number of H-pyrrole nitrogens is 1. The molecule has 2 aliphatic heterocycles. The Hall–Kier alpha value is -3.36. The number of nitrogens with one attached hydrogen (secondary N) is 3. The molecule has 1 unspecified atom stereocenters. The molecular weight excluding hydrogens is 368 g/mol. The summed E-state index contributed by atoms with van der Waals surface area (Å²) in [5.74, 6) is 0.0726. The molecule has 0 fully saturated rings. The molecule has 0 radical (unpaired) electrons. The number of aromatic amines is 1. The van der Waals surface area contributed by atoms with Crippen molar-refractivity contribution in [2.75, 3.05) is 12.4 Å². The van der Waals surface area contributed by atoms with Crippen LogP contribution in [0, 0.1) is 0 Å². The van der Waals surface area contributed by atoms with Crippen molar-refractivity contribution in [2.45, 2.75) is 25.7 Å². The van der Waals surface area contributed by atoms with Crippen LogP contribution in [0.2, 0.25) is 0 Å². The molecule has 148 valence electrons. The van der Waals surface area contributed by atoms with Gasteiger partial charge >= 0.3 is 5.76 Å². The summed E-state index contributed by atoms with van der Waals surface area (Å²) in [4.78, 5) is 20.9. The van der Waals surface area contributed by atoms with E-state index in [9.17, 15) is 4.79 Å². The van der Waals surface area contributed by atoms with E-state index in [0.717, 1.165) is 29.9 Å². The highest BCUT2D eigenvalue weighted by Gasteiger charge is 2.33. The van der Waals surface area contributed by atoms with Gasteiger partial charge in [0, 0.05) is 25.0 Å². The average molecular weight is 390 g/mol. The monoisotopic (exact) mass is 390 g/mol. The minimum absolute atomic E-state index is 0.488. The van der Waals surface area contributed by atoms with Gasteiger partial charge in [-0.2, -0.15) is 0 Å². The topological polar surface area (TPSA) is 112 Å². The van der Waals surface area contributed by atoms with E-state index < -0.39 is 11.4 Å². The van der Waals surface area contributed by atoms with Gasteiger partial charge in [-0.15, -0.1) is 0 Å². The summed E-state index contributed by atoms with van der Waals surface area (Å²) in [5, 5.41) is 6.64. The maximum absolute atomic E-state index is 11.5. The van der Waals surface area contributed by atoms with Gasteiger partial charge in [0.1, 0.15) is 5.66 Å². The first kappa shape index (κ1) is 17.7. The zero-order chi connectivity index (χ0) is 20.2. The fourth-order valence-electron chi connectivity index (χ4n) is 3.92. The van der Waals surface area contributed by atoms with Crippen molar-refractivity contribution in [3.05, 3.63) is 75.4 Å². The Morgan fingerprint density at radius 2 is 2.03 bits per heavy atom. The minimum atomic E-state index is -0.969. The Morgan fingerprint density at radius 1 is 1.21 bits per heavy atom. The van der Waals surface area contributed by atoms with Crippen molar-refractivity contribution >= 4 is 22.7 Å². The number of oxazole rings is 1. The largest absolute Gasteiger partial charge is 0.417 e. The summed E-state index contributed by atoms with van der Waals surface area (Å²) in [6.07, 6.45) is 1.75. The van der Waals surface area contributed by atoms with Crippen molar-refractivity contribution in [3.63, 3.8) is 0 Å². The standard InChI is InChI=1S/C21H22N6O2/c1-12-9-23-19(24-16-5-3-13-10-27(2)11-14(13)7-16)26-21(12,22)15-4-6-18-17(8-15)25-20(28)29-18/h3-9H,10-11,22H2,1-2H3,(H,25,28)(H2,23,24,26). The SMILES string of the molecule is CC1=CN=C(Nc2ccc3c(c2)CN(C)C3)NC1(N)c1ccc2oc(=O)[nH]c2c1. The molecule has 0 spiro atoms. The van der Waals surface area contributed by atoms with Crippen molar-refractivity contribution in [1.82, 2.24) is 15.2 Å². The fourth-order valence-corrected chi connectivity index (χ4v) is 3.92. The van der Waals surface area contributed by atoms with Crippen molar-refractivity contribution in [1.29, 1.82) is 0 Å². The van der Waals surface area contributed by atoms with Crippen LogP contribution in [0.1, 0.15) is 23.6 Å². The molecule has 0 bridgehead atoms. The maximum atomic E-state index is 11.5. The second kappa shape index (κ2) is 6.33. The molecule has 5 N–H and O–H groups in total. The lowest BCUT2D eigenvalue weighted by molar-refractivity contribution is 0.353. The van der Waals surface area contributed by atoms with E-state index >= 15 is 0 Å². The number of benzene rings is 2. The number of rotatable bonds is 2. The molecule has 8 heteroatoms. The fraction of sp³-hybridized carbons (Fsp3) is 0.238. The number of aromatic nitrogens is 1. The van der Waals surface area contributed by atoms with Crippen molar-refractivity contribution < 1.29 is 4.42 Å². The summed E-state index contributed by atoms with van der Waals surface area (Å²) in [7, 11) is 2.11. The number of aliphatic imine (C=N–C) groups is 1. The third-order valence-electron chi connectivity index (χ3n) is 5.55. The van der Waals surface area contributed by atoms with Crippen LogP contribution in [0.5, 0.6) is 0 Å². The van der Waals surface area contributed by atoms with Gasteiger partial charge in [0.2, 0.25) is 5.96 Å². The Kier molecular flexibility index (Phi) is 3.87. The first-order valence-electron chi connectivity index (χ1n) is 9.43. The summed E-state index contributed by atoms with van der Waals surface area (Å²) in [5.41, 5.74) is 12.1. The van der Waals surface area contributed by atoms with Gasteiger partial charge in [-0.3, -0.25) is 9.88 Å². The number of nitrogens with zero attached hydrogens (tertiary/aromatic N) is 2. The molecule has 29 heavy (non-hydrogen) atoms. The van der Waals surface area contributed by atoms with Gasteiger partial charge in [0.15, 0.2) is 5.58 Å². The lowest BCUT2D eigenvalue weighted by Crippen LogP contribution is -2.57. The zero-order valence-corrected chi connectivity index (χ0v) is 16.2. The third-order valence-corrected chi connectivity index (χ3v) is 5.55. The zero-order valence-electron chi connectivity index (χ0n) is 16.2. The van der Waals surface area contributed by atoms with Crippen LogP contribution in [0.25, 0.3) is 11.1 Å². The Labute approximate surface area is 167 Å². The van der Waals surface area contributed by atoms with E-state index in [2.05, 4.69) is 44.7 Å². The van der Waals surface area contributed by atoms with Gasteiger partial charge < -0.3 is 20.8 Å².